The molecule has 1 aromatic rings. The Morgan fingerprint density at radius 1 is 1.27 bits per heavy atom. The van der Waals surface area contributed by atoms with Gasteiger partial charge in [-0.3, -0.25) is 0 Å². The van der Waals surface area contributed by atoms with Crippen molar-refractivity contribution < 1.29 is 0 Å². The molecule has 1 heteroatoms. The molecule has 0 aromatic heterocycles. The standard InChI is InChI=1S/C14H21N/c1-4-14(10-12(2)3)15-11-13-8-6-5-7-9-13/h4-9,12,14-15H,1,10-11H2,2-3H3. The Kier molecular flexibility index (Phi) is 5.13. The molecule has 15 heavy (non-hydrogen) atoms. The van der Waals surface area contributed by atoms with Crippen molar-refractivity contribution in [2.75, 3.05) is 0 Å². The first-order valence-electron chi connectivity index (χ1n) is 5.62. The Morgan fingerprint density at radius 3 is 2.47 bits per heavy atom. The van der Waals surface area contributed by atoms with Crippen LogP contribution >= 0.6 is 0 Å². The number of hydrogen-bond acceptors (Lipinski definition) is 1. The molecule has 0 saturated heterocycles. The van der Waals surface area contributed by atoms with Crippen LogP contribution in [0.2, 0.25) is 0 Å². The minimum absolute atomic E-state index is 0.421. The normalized spacial score (nSPS) is 12.7. The quantitative estimate of drug-likeness (QED) is 0.699. The lowest BCUT2D eigenvalue weighted by Crippen LogP contribution is -2.27. The van der Waals surface area contributed by atoms with Gasteiger partial charge in [0.25, 0.3) is 0 Å². The second kappa shape index (κ2) is 6.41. The molecule has 0 saturated carbocycles. The SMILES string of the molecule is C=CC(CC(C)C)NCc1ccccc1. The molecule has 0 radical (unpaired) electrons. The van der Waals surface area contributed by atoms with Gasteiger partial charge in [0.15, 0.2) is 0 Å². The molecular weight excluding hydrogens is 182 g/mol. The van der Waals surface area contributed by atoms with Crippen LogP contribution < -0.4 is 5.32 Å². The lowest BCUT2D eigenvalue weighted by Gasteiger charge is -2.16. The number of rotatable bonds is 6. The van der Waals surface area contributed by atoms with E-state index in [0.29, 0.717) is 12.0 Å². The number of hydrogen-bond donors (Lipinski definition) is 1. The topological polar surface area (TPSA) is 12.0 Å². The van der Waals surface area contributed by atoms with E-state index in [-0.39, 0.29) is 0 Å². The van der Waals surface area contributed by atoms with Crippen LogP contribution in [-0.2, 0) is 6.54 Å². The minimum atomic E-state index is 0.421. The fourth-order valence-electron chi connectivity index (χ4n) is 1.62. The summed E-state index contributed by atoms with van der Waals surface area (Å²) in [7, 11) is 0. The van der Waals surface area contributed by atoms with Crippen LogP contribution in [0.25, 0.3) is 0 Å². The average Bonchev–Trinajstić information content (AvgIpc) is 2.25. The highest BCUT2D eigenvalue weighted by Crippen LogP contribution is 2.06. The lowest BCUT2D eigenvalue weighted by molar-refractivity contribution is 0.472. The van der Waals surface area contributed by atoms with Crippen molar-refractivity contribution in [1.82, 2.24) is 5.32 Å². The van der Waals surface area contributed by atoms with E-state index in [4.69, 9.17) is 0 Å². The van der Waals surface area contributed by atoms with Crippen LogP contribution in [0.5, 0.6) is 0 Å². The van der Waals surface area contributed by atoms with Crippen LogP contribution in [0.15, 0.2) is 43.0 Å². The van der Waals surface area contributed by atoms with Crippen molar-refractivity contribution in [3.63, 3.8) is 0 Å². The third kappa shape index (κ3) is 4.80. The van der Waals surface area contributed by atoms with E-state index in [1.54, 1.807) is 0 Å². The van der Waals surface area contributed by atoms with E-state index in [2.05, 4.69) is 50.0 Å². The first-order chi connectivity index (χ1) is 7.22. The molecule has 0 spiro atoms. The molecule has 1 atom stereocenters. The van der Waals surface area contributed by atoms with Gasteiger partial charge < -0.3 is 5.32 Å². The molecule has 1 rings (SSSR count). The molecule has 1 unspecified atom stereocenters. The van der Waals surface area contributed by atoms with E-state index in [1.165, 1.54) is 5.56 Å². The first-order valence-corrected chi connectivity index (χ1v) is 5.62. The highest BCUT2D eigenvalue weighted by molar-refractivity contribution is 5.14. The van der Waals surface area contributed by atoms with Crippen molar-refractivity contribution in [2.24, 2.45) is 5.92 Å². The summed E-state index contributed by atoms with van der Waals surface area (Å²) in [4.78, 5) is 0. The fourth-order valence-corrected chi connectivity index (χ4v) is 1.62. The Bertz CT molecular complexity index is 277. The first kappa shape index (κ1) is 12.0. The van der Waals surface area contributed by atoms with Gasteiger partial charge in [0.2, 0.25) is 0 Å². The summed E-state index contributed by atoms with van der Waals surface area (Å²) in [5, 5.41) is 3.50. The van der Waals surface area contributed by atoms with Gasteiger partial charge in [-0.2, -0.15) is 0 Å². The summed E-state index contributed by atoms with van der Waals surface area (Å²) in [6, 6.07) is 10.9. The van der Waals surface area contributed by atoms with E-state index in [0.717, 1.165) is 13.0 Å². The zero-order chi connectivity index (χ0) is 11.1. The van der Waals surface area contributed by atoms with Crippen molar-refractivity contribution in [2.45, 2.75) is 32.9 Å². The molecule has 1 N–H and O–H groups in total. The fraction of sp³-hybridized carbons (Fsp3) is 0.429. The summed E-state index contributed by atoms with van der Waals surface area (Å²) in [6.45, 7) is 9.26. The molecule has 1 nitrogen and oxygen atoms in total. The maximum Gasteiger partial charge on any atom is 0.0253 e. The lowest BCUT2D eigenvalue weighted by atomic mass is 10.0. The highest BCUT2D eigenvalue weighted by Gasteiger charge is 2.05. The third-order valence-corrected chi connectivity index (χ3v) is 2.42. The van der Waals surface area contributed by atoms with Gasteiger partial charge in [0.05, 0.1) is 0 Å². The van der Waals surface area contributed by atoms with Gasteiger partial charge in [-0.25, -0.2) is 0 Å². The van der Waals surface area contributed by atoms with Crippen molar-refractivity contribution in [3.8, 4) is 0 Å². The monoisotopic (exact) mass is 203 g/mol. The maximum atomic E-state index is 3.86. The zero-order valence-corrected chi connectivity index (χ0v) is 9.74. The smallest absolute Gasteiger partial charge is 0.0253 e. The molecule has 82 valence electrons. The molecule has 0 amide bonds. The summed E-state index contributed by atoms with van der Waals surface area (Å²) >= 11 is 0. The Hall–Kier alpha value is -1.08. The summed E-state index contributed by atoms with van der Waals surface area (Å²) in [6.07, 6.45) is 3.15. The summed E-state index contributed by atoms with van der Waals surface area (Å²) in [5.41, 5.74) is 1.33. The molecule has 1 aromatic carbocycles. The Labute approximate surface area is 93.2 Å². The molecule has 0 fully saturated rings. The molecule has 0 bridgehead atoms. The summed E-state index contributed by atoms with van der Waals surface area (Å²) < 4.78 is 0. The van der Waals surface area contributed by atoms with Crippen LogP contribution in [0.4, 0.5) is 0 Å². The van der Waals surface area contributed by atoms with Crippen molar-refractivity contribution in [1.29, 1.82) is 0 Å². The van der Waals surface area contributed by atoms with Gasteiger partial charge in [0.1, 0.15) is 0 Å². The van der Waals surface area contributed by atoms with E-state index < -0.39 is 0 Å². The van der Waals surface area contributed by atoms with Crippen LogP contribution in [-0.4, -0.2) is 6.04 Å². The number of nitrogens with one attached hydrogen (secondary N) is 1. The Morgan fingerprint density at radius 2 is 1.93 bits per heavy atom. The second-order valence-electron chi connectivity index (χ2n) is 4.34. The van der Waals surface area contributed by atoms with Crippen LogP contribution in [0, 0.1) is 5.92 Å². The zero-order valence-electron chi connectivity index (χ0n) is 9.74. The third-order valence-electron chi connectivity index (χ3n) is 2.42. The van der Waals surface area contributed by atoms with E-state index in [1.807, 2.05) is 12.1 Å². The molecule has 0 aliphatic rings. The predicted octanol–water partition coefficient (Wildman–Crippen LogP) is 3.38. The maximum absolute atomic E-state index is 3.86. The molecule has 0 heterocycles. The largest absolute Gasteiger partial charge is 0.306 e. The number of benzene rings is 1. The van der Waals surface area contributed by atoms with Gasteiger partial charge in [-0.05, 0) is 17.9 Å². The predicted molar refractivity (Wildman–Crippen MR) is 66.7 cm³/mol. The van der Waals surface area contributed by atoms with Gasteiger partial charge in [-0.15, -0.1) is 6.58 Å². The Balaban J connectivity index is 2.38. The van der Waals surface area contributed by atoms with Gasteiger partial charge >= 0.3 is 0 Å². The van der Waals surface area contributed by atoms with Crippen molar-refractivity contribution in [3.05, 3.63) is 48.6 Å². The molecular formula is C14H21N. The van der Waals surface area contributed by atoms with Gasteiger partial charge in [0, 0.05) is 12.6 Å². The average molecular weight is 203 g/mol. The van der Waals surface area contributed by atoms with E-state index in [9.17, 15) is 0 Å². The van der Waals surface area contributed by atoms with Crippen LogP contribution in [0.3, 0.4) is 0 Å². The van der Waals surface area contributed by atoms with E-state index >= 15 is 0 Å². The van der Waals surface area contributed by atoms with Crippen molar-refractivity contribution >= 4 is 0 Å². The molecule has 0 aliphatic carbocycles. The van der Waals surface area contributed by atoms with Crippen LogP contribution in [0.1, 0.15) is 25.8 Å². The molecule has 0 aliphatic heterocycles. The van der Waals surface area contributed by atoms with Gasteiger partial charge in [-0.1, -0.05) is 50.3 Å². The summed E-state index contributed by atoms with van der Waals surface area (Å²) in [5.74, 6) is 0.705. The highest BCUT2D eigenvalue weighted by atomic mass is 14.9. The second-order valence-corrected chi connectivity index (χ2v) is 4.34. The minimum Gasteiger partial charge on any atom is -0.306 e.